The average molecular weight is 263 g/mol. The molecule has 7 heteroatoms. The maximum atomic E-state index is 11.6. The molecule has 0 aliphatic rings. The Hall–Kier alpha value is -1.14. The van der Waals surface area contributed by atoms with E-state index in [2.05, 4.69) is 4.98 Å². The molecule has 1 aromatic rings. The van der Waals surface area contributed by atoms with Gasteiger partial charge in [-0.2, -0.15) is 0 Å². The van der Waals surface area contributed by atoms with Crippen molar-refractivity contribution >= 4 is 27.5 Å². The van der Waals surface area contributed by atoms with Gasteiger partial charge < -0.3 is 0 Å². The molecule has 0 spiro atoms. The Morgan fingerprint density at radius 3 is 2.50 bits per heavy atom. The summed E-state index contributed by atoms with van der Waals surface area (Å²) in [6, 6.07) is 2.63. The number of nitrogens with zero attached hydrogens (tertiary/aromatic N) is 1. The second kappa shape index (κ2) is 4.80. The molecular weight excluding hydrogens is 252 g/mol. The molecule has 0 unspecified atom stereocenters. The van der Waals surface area contributed by atoms with Gasteiger partial charge in [0.1, 0.15) is 10.0 Å². The molecule has 0 fully saturated rings. The van der Waals surface area contributed by atoms with Crippen LogP contribution >= 0.6 is 11.6 Å². The van der Waals surface area contributed by atoms with Crippen LogP contribution in [0.15, 0.2) is 23.2 Å². The molecule has 0 saturated heterocycles. The molecule has 0 radical (unpaired) electrons. The van der Waals surface area contributed by atoms with E-state index < -0.39 is 21.8 Å². The number of sulfonamides is 1. The molecule has 0 aliphatic heterocycles. The highest BCUT2D eigenvalue weighted by molar-refractivity contribution is 7.90. The first-order valence-corrected chi connectivity index (χ1v) is 6.37. The zero-order valence-corrected chi connectivity index (χ0v) is 10.3. The third kappa shape index (κ3) is 3.18. The summed E-state index contributed by atoms with van der Waals surface area (Å²) in [5.41, 5.74) is 0. The quantitative estimate of drug-likeness (QED) is 0.831. The average Bonchev–Trinajstić information content (AvgIpc) is 2.17. The Kier molecular flexibility index (Phi) is 3.88. The minimum absolute atomic E-state index is 0.0918. The molecule has 16 heavy (non-hydrogen) atoms. The zero-order valence-electron chi connectivity index (χ0n) is 8.77. The lowest BCUT2D eigenvalue weighted by Crippen LogP contribution is -2.33. The lowest BCUT2D eigenvalue weighted by atomic mass is 10.2. The lowest BCUT2D eigenvalue weighted by Gasteiger charge is -2.08. The maximum absolute atomic E-state index is 11.6. The fraction of sp³-hybridized carbons (Fsp3) is 0.333. The van der Waals surface area contributed by atoms with E-state index >= 15 is 0 Å². The van der Waals surface area contributed by atoms with E-state index in [-0.39, 0.29) is 10.0 Å². The van der Waals surface area contributed by atoms with Gasteiger partial charge in [-0.1, -0.05) is 25.4 Å². The predicted octanol–water partition coefficient (Wildman–Crippen LogP) is 1.20. The first-order chi connectivity index (χ1) is 7.33. The molecule has 0 aromatic carbocycles. The summed E-state index contributed by atoms with van der Waals surface area (Å²) in [4.78, 5) is 14.8. The summed E-state index contributed by atoms with van der Waals surface area (Å²) in [5, 5.41) is 0.189. The van der Waals surface area contributed by atoms with Gasteiger partial charge in [0, 0.05) is 12.1 Å². The fourth-order valence-corrected chi connectivity index (χ4v) is 2.00. The summed E-state index contributed by atoms with van der Waals surface area (Å²) in [6.07, 6.45) is 1.10. The van der Waals surface area contributed by atoms with Crippen molar-refractivity contribution in [3.8, 4) is 0 Å². The van der Waals surface area contributed by atoms with Gasteiger partial charge in [0.2, 0.25) is 5.91 Å². The molecule has 0 aliphatic carbocycles. The molecule has 0 bridgehead atoms. The van der Waals surface area contributed by atoms with Crippen molar-refractivity contribution in [2.24, 2.45) is 5.92 Å². The lowest BCUT2D eigenvalue weighted by molar-refractivity contribution is -0.122. The van der Waals surface area contributed by atoms with Crippen LogP contribution in [0.4, 0.5) is 0 Å². The van der Waals surface area contributed by atoms with Crippen LogP contribution in [-0.2, 0) is 14.8 Å². The molecule has 1 heterocycles. The topological polar surface area (TPSA) is 76.1 Å². The molecule has 1 amide bonds. The number of carbonyl (C=O) groups excluding carboxylic acids is 1. The minimum Gasteiger partial charge on any atom is -0.274 e. The number of hydrogen-bond acceptors (Lipinski definition) is 4. The standard InChI is InChI=1S/C9H11ClN2O3S/c1-6(2)9(13)12-16(14,15)7-3-4-8(10)11-5-7/h3-6H,1-2H3,(H,12,13). The van der Waals surface area contributed by atoms with Gasteiger partial charge in [0.15, 0.2) is 0 Å². The number of amides is 1. The summed E-state index contributed by atoms with van der Waals surface area (Å²) < 4.78 is 25.2. The molecular formula is C9H11ClN2O3S. The van der Waals surface area contributed by atoms with E-state index in [0.717, 1.165) is 6.20 Å². The number of halogens is 1. The molecule has 0 saturated carbocycles. The van der Waals surface area contributed by atoms with Crippen molar-refractivity contribution in [1.29, 1.82) is 0 Å². The zero-order chi connectivity index (χ0) is 12.3. The Balaban J connectivity index is 2.95. The van der Waals surface area contributed by atoms with Crippen molar-refractivity contribution in [3.63, 3.8) is 0 Å². The minimum atomic E-state index is -3.84. The first-order valence-electron chi connectivity index (χ1n) is 4.51. The van der Waals surface area contributed by atoms with Crippen LogP contribution in [0, 0.1) is 5.92 Å². The van der Waals surface area contributed by atoms with Gasteiger partial charge >= 0.3 is 0 Å². The van der Waals surface area contributed by atoms with Gasteiger partial charge in [0.05, 0.1) is 0 Å². The summed E-state index contributed by atoms with van der Waals surface area (Å²) >= 11 is 5.52. The van der Waals surface area contributed by atoms with E-state index in [4.69, 9.17) is 11.6 Å². The molecule has 0 atom stereocenters. The van der Waals surface area contributed by atoms with E-state index in [1.54, 1.807) is 13.8 Å². The number of nitrogens with one attached hydrogen (secondary N) is 1. The molecule has 5 nitrogen and oxygen atoms in total. The number of hydrogen-bond donors (Lipinski definition) is 1. The van der Waals surface area contributed by atoms with Crippen molar-refractivity contribution < 1.29 is 13.2 Å². The van der Waals surface area contributed by atoms with Crippen molar-refractivity contribution in [2.75, 3.05) is 0 Å². The highest BCUT2D eigenvalue weighted by Crippen LogP contribution is 2.11. The van der Waals surface area contributed by atoms with Crippen molar-refractivity contribution in [1.82, 2.24) is 9.71 Å². The number of pyridine rings is 1. The van der Waals surface area contributed by atoms with Crippen LogP contribution in [0.1, 0.15) is 13.8 Å². The Labute approximate surface area is 98.9 Å². The van der Waals surface area contributed by atoms with Crippen molar-refractivity contribution in [3.05, 3.63) is 23.5 Å². The number of rotatable bonds is 3. The van der Waals surface area contributed by atoms with Crippen LogP contribution in [0.5, 0.6) is 0 Å². The summed E-state index contributed by atoms with van der Waals surface area (Å²) in [6.45, 7) is 3.20. The highest BCUT2D eigenvalue weighted by Gasteiger charge is 2.19. The van der Waals surface area contributed by atoms with Gasteiger partial charge in [0.25, 0.3) is 10.0 Å². The normalized spacial score (nSPS) is 11.5. The SMILES string of the molecule is CC(C)C(=O)NS(=O)(=O)c1ccc(Cl)nc1. The van der Waals surface area contributed by atoms with E-state index in [9.17, 15) is 13.2 Å². The van der Waals surface area contributed by atoms with Crippen LogP contribution < -0.4 is 4.72 Å². The molecule has 1 rings (SSSR count). The third-order valence-corrected chi connectivity index (χ3v) is 3.33. The van der Waals surface area contributed by atoms with Gasteiger partial charge in [-0.15, -0.1) is 0 Å². The smallest absolute Gasteiger partial charge is 0.265 e. The number of aromatic nitrogens is 1. The molecule has 1 N–H and O–H groups in total. The summed E-state index contributed by atoms with van der Waals surface area (Å²) in [5.74, 6) is -0.968. The number of carbonyl (C=O) groups is 1. The van der Waals surface area contributed by atoms with Gasteiger partial charge in [-0.3, -0.25) is 4.79 Å². The third-order valence-electron chi connectivity index (χ3n) is 1.77. The highest BCUT2D eigenvalue weighted by atomic mass is 35.5. The Bertz CT molecular complexity index is 482. The van der Waals surface area contributed by atoms with E-state index in [1.807, 2.05) is 4.72 Å². The van der Waals surface area contributed by atoms with Crippen LogP contribution in [0.25, 0.3) is 0 Å². The van der Waals surface area contributed by atoms with Crippen molar-refractivity contribution in [2.45, 2.75) is 18.7 Å². The molecule has 1 aromatic heterocycles. The second-order valence-electron chi connectivity index (χ2n) is 3.44. The van der Waals surface area contributed by atoms with Gasteiger partial charge in [-0.25, -0.2) is 18.1 Å². The monoisotopic (exact) mass is 262 g/mol. The van der Waals surface area contributed by atoms with Crippen LogP contribution in [0.3, 0.4) is 0 Å². The van der Waals surface area contributed by atoms with Crippen LogP contribution in [0.2, 0.25) is 5.15 Å². The summed E-state index contributed by atoms with van der Waals surface area (Å²) in [7, 11) is -3.84. The largest absolute Gasteiger partial charge is 0.274 e. The first kappa shape index (κ1) is 12.9. The fourth-order valence-electron chi connectivity index (χ4n) is 0.830. The van der Waals surface area contributed by atoms with E-state index in [1.165, 1.54) is 12.1 Å². The Morgan fingerprint density at radius 2 is 2.06 bits per heavy atom. The van der Waals surface area contributed by atoms with Gasteiger partial charge in [-0.05, 0) is 12.1 Å². The van der Waals surface area contributed by atoms with E-state index in [0.29, 0.717) is 0 Å². The molecule has 88 valence electrons. The Morgan fingerprint density at radius 1 is 1.44 bits per heavy atom. The maximum Gasteiger partial charge on any atom is 0.265 e. The van der Waals surface area contributed by atoms with Crippen LogP contribution in [-0.4, -0.2) is 19.3 Å². The second-order valence-corrected chi connectivity index (χ2v) is 5.51. The predicted molar refractivity (Wildman–Crippen MR) is 59.4 cm³/mol.